The zero-order chi connectivity index (χ0) is 12.4. The lowest BCUT2D eigenvalue weighted by Gasteiger charge is -2.21. The molecule has 0 aromatic rings. The zero-order valence-corrected chi connectivity index (χ0v) is 11.0. The second-order valence-electron chi connectivity index (χ2n) is 4.52. The molecule has 0 atom stereocenters. The molecule has 0 unspecified atom stereocenters. The Labute approximate surface area is 98.7 Å². The van der Waals surface area contributed by atoms with Crippen LogP contribution in [0.25, 0.3) is 0 Å². The number of rotatable bonds is 9. The van der Waals surface area contributed by atoms with Crippen LogP contribution in [0.1, 0.15) is 33.6 Å². The Balaban J connectivity index is 3.47. The van der Waals surface area contributed by atoms with E-state index in [4.69, 9.17) is 9.47 Å². The van der Waals surface area contributed by atoms with E-state index in [-0.39, 0.29) is 5.97 Å². The lowest BCUT2D eigenvalue weighted by Crippen LogP contribution is -2.38. The van der Waals surface area contributed by atoms with Gasteiger partial charge in [-0.25, -0.2) is 0 Å². The maximum atomic E-state index is 11.3. The highest BCUT2D eigenvalue weighted by Gasteiger charge is 2.27. The first-order valence-corrected chi connectivity index (χ1v) is 5.91. The topological polar surface area (TPSA) is 47.6 Å². The van der Waals surface area contributed by atoms with E-state index in [1.54, 1.807) is 0 Å². The van der Waals surface area contributed by atoms with E-state index in [0.717, 1.165) is 26.0 Å². The third kappa shape index (κ3) is 6.80. The van der Waals surface area contributed by atoms with Gasteiger partial charge in [-0.1, -0.05) is 13.3 Å². The van der Waals surface area contributed by atoms with E-state index >= 15 is 0 Å². The van der Waals surface area contributed by atoms with Crippen LogP contribution in [0.5, 0.6) is 0 Å². The summed E-state index contributed by atoms with van der Waals surface area (Å²) in [5.74, 6) is -0.188. The van der Waals surface area contributed by atoms with Crippen LogP contribution in [0.3, 0.4) is 0 Å². The minimum absolute atomic E-state index is 0.188. The van der Waals surface area contributed by atoms with Crippen molar-refractivity contribution in [2.75, 3.05) is 33.4 Å². The van der Waals surface area contributed by atoms with Crippen LogP contribution < -0.4 is 5.32 Å². The number of hydrogen-bond donors (Lipinski definition) is 1. The number of esters is 1. The zero-order valence-electron chi connectivity index (χ0n) is 11.0. The molecule has 4 heteroatoms. The van der Waals surface area contributed by atoms with Crippen LogP contribution in [-0.2, 0) is 14.3 Å². The fourth-order valence-electron chi connectivity index (χ4n) is 1.24. The molecule has 0 aliphatic heterocycles. The van der Waals surface area contributed by atoms with E-state index in [2.05, 4.69) is 12.2 Å². The average molecular weight is 231 g/mol. The number of unbranched alkanes of at least 4 members (excludes halogenated alkanes) is 1. The molecule has 16 heavy (non-hydrogen) atoms. The summed E-state index contributed by atoms with van der Waals surface area (Å²) >= 11 is 0. The number of nitrogens with one attached hydrogen (secondary N) is 1. The van der Waals surface area contributed by atoms with Crippen LogP contribution in [0.2, 0.25) is 0 Å². The van der Waals surface area contributed by atoms with E-state index < -0.39 is 5.41 Å². The van der Waals surface area contributed by atoms with Gasteiger partial charge in [0.15, 0.2) is 0 Å². The van der Waals surface area contributed by atoms with Crippen LogP contribution in [0, 0.1) is 5.41 Å². The smallest absolute Gasteiger partial charge is 0.312 e. The first kappa shape index (κ1) is 15.4. The Morgan fingerprint density at radius 3 is 2.56 bits per heavy atom. The molecule has 0 radical (unpaired) electrons. The van der Waals surface area contributed by atoms with Crippen LogP contribution >= 0.6 is 0 Å². The molecule has 0 rings (SSSR count). The molecule has 0 aromatic heterocycles. The van der Waals surface area contributed by atoms with Gasteiger partial charge in [-0.3, -0.25) is 4.79 Å². The summed E-state index contributed by atoms with van der Waals surface area (Å²) in [6.45, 7) is 8.75. The molecule has 0 aliphatic carbocycles. The monoisotopic (exact) mass is 231 g/mol. The van der Waals surface area contributed by atoms with Gasteiger partial charge in [0, 0.05) is 19.7 Å². The number of hydrogen-bond acceptors (Lipinski definition) is 4. The van der Waals surface area contributed by atoms with Gasteiger partial charge < -0.3 is 14.8 Å². The number of carbonyl (C=O) groups excluding carboxylic acids is 1. The van der Waals surface area contributed by atoms with Gasteiger partial charge in [0.2, 0.25) is 0 Å². The van der Waals surface area contributed by atoms with Crippen molar-refractivity contribution in [3.05, 3.63) is 0 Å². The predicted molar refractivity (Wildman–Crippen MR) is 64.4 cm³/mol. The number of ether oxygens (including phenoxy) is 2. The van der Waals surface area contributed by atoms with Crippen molar-refractivity contribution < 1.29 is 14.3 Å². The standard InChI is InChI=1S/C12H25NO3/c1-5-6-8-16-9-7-13-10-12(2,3)11(14)15-4/h13H,5-10H2,1-4H3. The molecule has 0 saturated carbocycles. The van der Waals surface area contributed by atoms with Crippen LogP contribution in [0.15, 0.2) is 0 Å². The molecular formula is C12H25NO3. The van der Waals surface area contributed by atoms with E-state index in [1.165, 1.54) is 7.11 Å². The summed E-state index contributed by atoms with van der Waals surface area (Å²) in [4.78, 5) is 11.3. The van der Waals surface area contributed by atoms with E-state index in [9.17, 15) is 4.79 Å². The van der Waals surface area contributed by atoms with Gasteiger partial charge in [-0.05, 0) is 20.3 Å². The number of carbonyl (C=O) groups is 1. The van der Waals surface area contributed by atoms with Crippen molar-refractivity contribution in [3.63, 3.8) is 0 Å². The van der Waals surface area contributed by atoms with Gasteiger partial charge in [-0.15, -0.1) is 0 Å². The average Bonchev–Trinajstić information content (AvgIpc) is 2.26. The summed E-state index contributed by atoms with van der Waals surface area (Å²) in [5, 5.41) is 3.19. The highest BCUT2D eigenvalue weighted by Crippen LogP contribution is 2.14. The first-order valence-electron chi connectivity index (χ1n) is 5.91. The molecule has 0 spiro atoms. The Morgan fingerprint density at radius 1 is 1.31 bits per heavy atom. The van der Waals surface area contributed by atoms with Crippen molar-refractivity contribution in [1.82, 2.24) is 5.32 Å². The highest BCUT2D eigenvalue weighted by atomic mass is 16.5. The third-order valence-electron chi connectivity index (χ3n) is 2.37. The molecule has 0 saturated heterocycles. The maximum absolute atomic E-state index is 11.3. The van der Waals surface area contributed by atoms with Crippen molar-refractivity contribution in [2.24, 2.45) is 5.41 Å². The lowest BCUT2D eigenvalue weighted by molar-refractivity contribution is -0.150. The SMILES string of the molecule is CCCCOCCNCC(C)(C)C(=O)OC. The predicted octanol–water partition coefficient (Wildman–Crippen LogP) is 1.59. The third-order valence-corrected chi connectivity index (χ3v) is 2.37. The van der Waals surface area contributed by atoms with Crippen LogP contribution in [0.4, 0.5) is 0 Å². The lowest BCUT2D eigenvalue weighted by atomic mass is 9.94. The number of methoxy groups -OCH3 is 1. The molecule has 0 aromatic carbocycles. The highest BCUT2D eigenvalue weighted by molar-refractivity contribution is 5.75. The van der Waals surface area contributed by atoms with Gasteiger partial charge >= 0.3 is 5.97 Å². The summed E-state index contributed by atoms with van der Waals surface area (Å²) < 4.78 is 10.1. The fourth-order valence-corrected chi connectivity index (χ4v) is 1.24. The Kier molecular flexibility index (Phi) is 8.21. The molecule has 0 bridgehead atoms. The largest absolute Gasteiger partial charge is 0.469 e. The Hall–Kier alpha value is -0.610. The molecule has 0 heterocycles. The quantitative estimate of drug-likeness (QED) is 0.483. The summed E-state index contributed by atoms with van der Waals surface area (Å²) in [6, 6.07) is 0. The summed E-state index contributed by atoms with van der Waals surface area (Å²) in [5.41, 5.74) is -0.474. The second kappa shape index (κ2) is 8.53. The Bertz CT molecular complexity index is 193. The molecule has 96 valence electrons. The van der Waals surface area contributed by atoms with E-state index in [0.29, 0.717) is 13.2 Å². The molecule has 0 aliphatic rings. The second-order valence-corrected chi connectivity index (χ2v) is 4.52. The minimum atomic E-state index is -0.474. The molecule has 4 nitrogen and oxygen atoms in total. The summed E-state index contributed by atoms with van der Waals surface area (Å²) in [6.07, 6.45) is 2.26. The van der Waals surface area contributed by atoms with Crippen molar-refractivity contribution in [2.45, 2.75) is 33.6 Å². The van der Waals surface area contributed by atoms with Crippen LogP contribution in [-0.4, -0.2) is 39.4 Å². The fraction of sp³-hybridized carbons (Fsp3) is 0.917. The van der Waals surface area contributed by atoms with Gasteiger partial charge in [-0.2, -0.15) is 0 Å². The van der Waals surface area contributed by atoms with Gasteiger partial charge in [0.1, 0.15) is 0 Å². The first-order chi connectivity index (χ1) is 7.54. The normalized spacial score (nSPS) is 11.5. The summed E-state index contributed by atoms with van der Waals surface area (Å²) in [7, 11) is 1.41. The van der Waals surface area contributed by atoms with Crippen molar-refractivity contribution in [3.8, 4) is 0 Å². The molecule has 1 N–H and O–H groups in total. The molecule has 0 fully saturated rings. The minimum Gasteiger partial charge on any atom is -0.469 e. The van der Waals surface area contributed by atoms with Gasteiger partial charge in [0.25, 0.3) is 0 Å². The van der Waals surface area contributed by atoms with Crippen molar-refractivity contribution in [1.29, 1.82) is 0 Å². The molecule has 0 amide bonds. The van der Waals surface area contributed by atoms with Gasteiger partial charge in [0.05, 0.1) is 19.1 Å². The maximum Gasteiger partial charge on any atom is 0.312 e. The van der Waals surface area contributed by atoms with E-state index in [1.807, 2.05) is 13.8 Å². The van der Waals surface area contributed by atoms with Crippen molar-refractivity contribution >= 4 is 5.97 Å². The Morgan fingerprint density at radius 2 is 2.00 bits per heavy atom. The molecular weight excluding hydrogens is 206 g/mol.